The second kappa shape index (κ2) is 8.25. The number of carbonyl (C=O) groups excluding carboxylic acids is 2. The molecule has 2 aromatic rings. The monoisotopic (exact) mass is 366 g/mol. The minimum absolute atomic E-state index is 0.0356. The number of carbonyl (C=O) groups is 2. The van der Waals surface area contributed by atoms with Crippen LogP contribution in [-0.4, -0.2) is 35.9 Å². The van der Waals surface area contributed by atoms with Gasteiger partial charge in [0.05, 0.1) is 11.3 Å². The lowest BCUT2D eigenvalue weighted by Gasteiger charge is -2.20. The molecule has 2 aromatic carbocycles. The van der Waals surface area contributed by atoms with Gasteiger partial charge in [-0.15, -0.1) is 0 Å². The van der Waals surface area contributed by atoms with E-state index in [9.17, 15) is 9.59 Å². The van der Waals surface area contributed by atoms with Crippen LogP contribution in [-0.2, 0) is 4.79 Å². The number of benzene rings is 2. The molecule has 0 unspecified atom stereocenters. The van der Waals surface area contributed by atoms with Gasteiger partial charge < -0.3 is 15.0 Å². The summed E-state index contributed by atoms with van der Waals surface area (Å²) in [7, 11) is 0. The normalized spacial score (nSPS) is 14.7. The van der Waals surface area contributed by atoms with Crippen molar-refractivity contribution in [3.63, 3.8) is 0 Å². The number of aryl methyl sites for hydroxylation is 1. The highest BCUT2D eigenvalue weighted by molar-refractivity contribution is 6.04. The number of para-hydroxylation sites is 1. The van der Waals surface area contributed by atoms with Crippen LogP contribution in [0.2, 0.25) is 0 Å². The third-order valence-corrected chi connectivity index (χ3v) is 5.04. The number of anilines is 1. The van der Waals surface area contributed by atoms with Crippen molar-refractivity contribution in [2.24, 2.45) is 0 Å². The molecule has 0 radical (unpaired) electrons. The van der Waals surface area contributed by atoms with Crippen LogP contribution in [0.4, 0.5) is 5.69 Å². The van der Waals surface area contributed by atoms with Gasteiger partial charge in [0.2, 0.25) is 0 Å². The Balaban J connectivity index is 1.72. The van der Waals surface area contributed by atoms with Crippen LogP contribution in [0.25, 0.3) is 0 Å². The Hall–Kier alpha value is -2.82. The van der Waals surface area contributed by atoms with Crippen LogP contribution in [0.3, 0.4) is 0 Å². The van der Waals surface area contributed by atoms with Gasteiger partial charge in [-0.1, -0.05) is 24.3 Å². The summed E-state index contributed by atoms with van der Waals surface area (Å²) in [5.41, 5.74) is 3.17. The molecular weight excluding hydrogens is 340 g/mol. The molecule has 0 bridgehead atoms. The van der Waals surface area contributed by atoms with Gasteiger partial charge in [-0.3, -0.25) is 9.59 Å². The molecule has 0 aliphatic carbocycles. The molecule has 27 heavy (non-hydrogen) atoms. The number of nitrogens with one attached hydrogen (secondary N) is 1. The van der Waals surface area contributed by atoms with E-state index in [1.807, 2.05) is 49.1 Å². The fourth-order valence-electron chi connectivity index (χ4n) is 3.20. The molecule has 1 atom stereocenters. The fraction of sp³-hybridized carbons (Fsp3) is 0.364. The van der Waals surface area contributed by atoms with Crippen molar-refractivity contribution >= 4 is 17.5 Å². The topological polar surface area (TPSA) is 58.6 Å². The third-order valence-electron chi connectivity index (χ3n) is 5.04. The molecule has 142 valence electrons. The molecular formula is C22H26N2O3. The number of likely N-dealkylation sites (tertiary alicyclic amines) is 1. The first-order valence-corrected chi connectivity index (χ1v) is 9.39. The van der Waals surface area contributed by atoms with E-state index in [0.29, 0.717) is 17.0 Å². The Labute approximate surface area is 160 Å². The van der Waals surface area contributed by atoms with Crippen molar-refractivity contribution in [1.29, 1.82) is 0 Å². The summed E-state index contributed by atoms with van der Waals surface area (Å²) in [4.78, 5) is 27.2. The zero-order valence-electron chi connectivity index (χ0n) is 16.1. The van der Waals surface area contributed by atoms with E-state index in [2.05, 4.69) is 5.32 Å². The summed E-state index contributed by atoms with van der Waals surface area (Å²) < 4.78 is 5.85. The molecule has 0 aromatic heterocycles. The Morgan fingerprint density at radius 2 is 1.74 bits per heavy atom. The fourth-order valence-corrected chi connectivity index (χ4v) is 3.20. The van der Waals surface area contributed by atoms with E-state index in [-0.39, 0.29) is 11.8 Å². The SMILES string of the molecule is Cc1cccc(O[C@H](C)C(=O)Nc2ccccc2C(=O)N2CCCC2)c1C. The van der Waals surface area contributed by atoms with Gasteiger partial charge in [0.1, 0.15) is 5.75 Å². The zero-order valence-corrected chi connectivity index (χ0v) is 16.1. The second-order valence-corrected chi connectivity index (χ2v) is 6.99. The van der Waals surface area contributed by atoms with Crippen molar-refractivity contribution in [1.82, 2.24) is 4.90 Å². The number of nitrogens with zero attached hydrogens (tertiary/aromatic N) is 1. The van der Waals surface area contributed by atoms with Crippen LogP contribution in [0.5, 0.6) is 5.75 Å². The number of hydrogen-bond acceptors (Lipinski definition) is 3. The molecule has 1 aliphatic heterocycles. The molecule has 2 amide bonds. The molecule has 1 aliphatic rings. The Morgan fingerprint density at radius 3 is 2.48 bits per heavy atom. The maximum atomic E-state index is 12.7. The third kappa shape index (κ3) is 4.30. The molecule has 5 nitrogen and oxygen atoms in total. The van der Waals surface area contributed by atoms with Crippen LogP contribution in [0.15, 0.2) is 42.5 Å². The van der Waals surface area contributed by atoms with E-state index < -0.39 is 6.10 Å². The van der Waals surface area contributed by atoms with Crippen molar-refractivity contribution in [2.75, 3.05) is 18.4 Å². The predicted molar refractivity (Wildman–Crippen MR) is 106 cm³/mol. The van der Waals surface area contributed by atoms with Crippen LogP contribution in [0.1, 0.15) is 41.3 Å². The summed E-state index contributed by atoms with van der Waals surface area (Å²) in [5.74, 6) is 0.378. The lowest BCUT2D eigenvalue weighted by Crippen LogP contribution is -2.32. The van der Waals surface area contributed by atoms with E-state index in [4.69, 9.17) is 4.74 Å². The minimum Gasteiger partial charge on any atom is -0.481 e. The molecule has 3 rings (SSSR count). The highest BCUT2D eigenvalue weighted by Crippen LogP contribution is 2.23. The summed E-state index contributed by atoms with van der Waals surface area (Å²) in [6, 6.07) is 12.9. The Morgan fingerprint density at radius 1 is 1.04 bits per heavy atom. The van der Waals surface area contributed by atoms with E-state index >= 15 is 0 Å². The van der Waals surface area contributed by atoms with Crippen molar-refractivity contribution in [3.05, 3.63) is 59.2 Å². The molecule has 1 heterocycles. The zero-order chi connectivity index (χ0) is 19.4. The smallest absolute Gasteiger partial charge is 0.265 e. The quantitative estimate of drug-likeness (QED) is 0.872. The minimum atomic E-state index is -0.680. The Kier molecular flexibility index (Phi) is 5.79. The number of rotatable bonds is 5. The van der Waals surface area contributed by atoms with Crippen molar-refractivity contribution < 1.29 is 14.3 Å². The molecule has 1 N–H and O–H groups in total. The van der Waals surface area contributed by atoms with E-state index in [1.165, 1.54) is 0 Å². The number of hydrogen-bond donors (Lipinski definition) is 1. The lowest BCUT2D eigenvalue weighted by atomic mass is 10.1. The molecule has 5 heteroatoms. The maximum Gasteiger partial charge on any atom is 0.265 e. The maximum absolute atomic E-state index is 12.7. The number of ether oxygens (including phenoxy) is 1. The van der Waals surface area contributed by atoms with Gasteiger partial charge >= 0.3 is 0 Å². The van der Waals surface area contributed by atoms with Gasteiger partial charge in [0.15, 0.2) is 6.10 Å². The van der Waals surface area contributed by atoms with Gasteiger partial charge in [-0.25, -0.2) is 0 Å². The highest BCUT2D eigenvalue weighted by atomic mass is 16.5. The Bertz CT molecular complexity index is 841. The molecule has 0 spiro atoms. The predicted octanol–water partition coefficient (Wildman–Crippen LogP) is 3.95. The van der Waals surface area contributed by atoms with Gasteiger partial charge in [0.25, 0.3) is 11.8 Å². The first-order valence-electron chi connectivity index (χ1n) is 9.39. The molecule has 1 saturated heterocycles. The van der Waals surface area contributed by atoms with Crippen LogP contribution >= 0.6 is 0 Å². The summed E-state index contributed by atoms with van der Waals surface area (Å²) in [6.07, 6.45) is 1.38. The average Bonchev–Trinajstić information content (AvgIpc) is 3.20. The van der Waals surface area contributed by atoms with E-state index in [1.54, 1.807) is 19.1 Å². The molecule has 1 fully saturated rings. The lowest BCUT2D eigenvalue weighted by molar-refractivity contribution is -0.122. The van der Waals surface area contributed by atoms with Gasteiger partial charge in [-0.05, 0) is 62.9 Å². The van der Waals surface area contributed by atoms with Crippen LogP contribution < -0.4 is 10.1 Å². The van der Waals surface area contributed by atoms with E-state index in [0.717, 1.165) is 37.1 Å². The van der Waals surface area contributed by atoms with Crippen molar-refractivity contribution in [3.8, 4) is 5.75 Å². The largest absolute Gasteiger partial charge is 0.481 e. The van der Waals surface area contributed by atoms with Crippen molar-refractivity contribution in [2.45, 2.75) is 39.7 Å². The first-order chi connectivity index (χ1) is 13.0. The second-order valence-electron chi connectivity index (χ2n) is 6.99. The first kappa shape index (κ1) is 19.0. The summed E-state index contributed by atoms with van der Waals surface area (Å²) in [5, 5.41) is 2.86. The highest BCUT2D eigenvalue weighted by Gasteiger charge is 2.23. The van der Waals surface area contributed by atoms with Gasteiger partial charge in [-0.2, -0.15) is 0 Å². The van der Waals surface area contributed by atoms with Gasteiger partial charge in [0, 0.05) is 13.1 Å². The van der Waals surface area contributed by atoms with Crippen LogP contribution in [0, 0.1) is 13.8 Å². The molecule has 0 saturated carbocycles. The number of amides is 2. The summed E-state index contributed by atoms with van der Waals surface area (Å²) >= 11 is 0. The summed E-state index contributed by atoms with van der Waals surface area (Å²) in [6.45, 7) is 7.23. The standard InChI is InChI=1S/C22H26N2O3/c1-15-9-8-12-20(16(15)2)27-17(3)21(25)23-19-11-5-4-10-18(19)22(26)24-13-6-7-14-24/h4-5,8-12,17H,6-7,13-14H2,1-3H3,(H,23,25)/t17-/m1/s1. The average molecular weight is 366 g/mol.